The Morgan fingerprint density at radius 2 is 1.03 bits per heavy atom. The normalized spacial score (nSPS) is 10.5. The lowest BCUT2D eigenvalue weighted by Crippen LogP contribution is -2.01. The van der Waals surface area contributed by atoms with Crippen LogP contribution in [0.5, 0.6) is 0 Å². The molecule has 1 aromatic carbocycles. The van der Waals surface area contributed by atoms with Crippen molar-refractivity contribution in [3.05, 3.63) is 46.9 Å². The molecule has 0 aliphatic carbocycles. The van der Waals surface area contributed by atoms with Crippen molar-refractivity contribution in [1.29, 1.82) is 10.5 Å². The maximum Gasteiger partial charge on any atom is 0.326 e. The Morgan fingerprint density at radius 1 is 0.633 bits per heavy atom. The molecule has 0 aliphatic rings. The molecule has 0 N–H and O–H groups in total. The lowest BCUT2D eigenvalue weighted by atomic mass is 10.1. The van der Waals surface area contributed by atoms with Gasteiger partial charge in [-0.1, -0.05) is 23.1 Å². The van der Waals surface area contributed by atoms with Crippen LogP contribution in [0.15, 0.2) is 12.4 Å². The number of fused-ring (bicyclic) bond motifs is 7. The quantitative estimate of drug-likeness (QED) is 0.219. The molecular weight excluding hydrogens is 384 g/mol. The van der Waals surface area contributed by atoms with E-state index in [1.54, 1.807) is 12.1 Å². The van der Waals surface area contributed by atoms with Gasteiger partial charge in [0.1, 0.15) is 0 Å². The van der Waals surface area contributed by atoms with Gasteiger partial charge in [0.15, 0.2) is 23.4 Å². The molecule has 0 saturated carbocycles. The van der Waals surface area contributed by atoms with Gasteiger partial charge in [0.05, 0.1) is 32.8 Å². The van der Waals surface area contributed by atoms with Crippen molar-refractivity contribution in [1.82, 2.24) is 39.9 Å². The van der Waals surface area contributed by atoms with Gasteiger partial charge in [0, 0.05) is 12.4 Å². The minimum Gasteiger partial charge on any atom is -0.360 e. The molecule has 0 saturated heterocycles. The number of nitriles is 2. The highest BCUT2D eigenvalue weighted by molar-refractivity contribution is 6.26. The molecule has 0 aliphatic heterocycles. The van der Waals surface area contributed by atoms with Crippen molar-refractivity contribution in [2.24, 2.45) is 0 Å². The third-order valence-corrected chi connectivity index (χ3v) is 4.21. The van der Waals surface area contributed by atoms with Gasteiger partial charge < -0.3 is 9.69 Å². The van der Waals surface area contributed by atoms with Crippen LogP contribution < -0.4 is 0 Å². The number of benzene rings is 1. The summed E-state index contributed by atoms with van der Waals surface area (Å²) in [6, 6.07) is 3.60. The predicted molar refractivity (Wildman–Crippen MR) is 101 cm³/mol. The van der Waals surface area contributed by atoms with E-state index < -0.39 is 0 Å². The molecule has 0 amide bonds. The van der Waals surface area contributed by atoms with E-state index in [9.17, 15) is 10.5 Å². The Morgan fingerprint density at radius 3 is 1.40 bits per heavy atom. The molecule has 30 heavy (non-hydrogen) atoms. The highest BCUT2D eigenvalue weighted by Crippen LogP contribution is 2.39. The van der Waals surface area contributed by atoms with E-state index in [2.05, 4.69) is 49.6 Å². The second kappa shape index (κ2) is 6.03. The summed E-state index contributed by atoms with van der Waals surface area (Å²) in [7, 11) is 0. The van der Waals surface area contributed by atoms with Gasteiger partial charge in [-0.3, -0.25) is 0 Å². The highest BCUT2D eigenvalue weighted by Gasteiger charge is 2.24. The Kier molecular flexibility index (Phi) is 3.35. The van der Waals surface area contributed by atoms with Crippen molar-refractivity contribution in [3.63, 3.8) is 0 Å². The molecule has 0 radical (unpaired) electrons. The van der Waals surface area contributed by atoms with E-state index in [1.165, 1.54) is 12.4 Å². The van der Waals surface area contributed by atoms with Gasteiger partial charge in [-0.05, 0) is 0 Å². The third kappa shape index (κ3) is 2.16. The average Bonchev–Trinajstić information content (AvgIpc) is 2.81. The zero-order valence-corrected chi connectivity index (χ0v) is 14.5. The van der Waals surface area contributed by atoms with Crippen LogP contribution in [-0.4, -0.2) is 39.9 Å². The van der Waals surface area contributed by atoms with E-state index in [0.29, 0.717) is 0 Å². The predicted octanol–water partition coefficient (Wildman–Crippen LogP) is 2.30. The second-order valence-corrected chi connectivity index (χ2v) is 5.76. The van der Waals surface area contributed by atoms with Gasteiger partial charge in [-0.15, -0.1) is 0 Å². The maximum atomic E-state index is 9.29. The third-order valence-electron chi connectivity index (χ3n) is 4.21. The van der Waals surface area contributed by atoms with Crippen LogP contribution in [0.2, 0.25) is 0 Å². The van der Waals surface area contributed by atoms with Crippen LogP contribution in [-0.2, 0) is 0 Å². The van der Waals surface area contributed by atoms with Crippen molar-refractivity contribution >= 4 is 55.8 Å². The summed E-state index contributed by atoms with van der Waals surface area (Å²) in [5, 5.41) is 18.9. The van der Waals surface area contributed by atoms with Crippen LogP contribution in [0.3, 0.4) is 0 Å². The van der Waals surface area contributed by atoms with Crippen LogP contribution in [0.4, 0.5) is 11.6 Å². The summed E-state index contributed by atoms with van der Waals surface area (Å²) in [4.78, 5) is 40.3. The first-order chi connectivity index (χ1) is 14.7. The van der Waals surface area contributed by atoms with Crippen LogP contribution >= 0.6 is 0 Å². The van der Waals surface area contributed by atoms with Crippen LogP contribution in [0.1, 0.15) is 11.6 Å². The van der Waals surface area contributed by atoms with E-state index in [-0.39, 0.29) is 67.4 Å². The fraction of sp³-hybridized carbons (Fsp3) is 0. The van der Waals surface area contributed by atoms with Gasteiger partial charge in [0.2, 0.25) is 0 Å². The van der Waals surface area contributed by atoms with Gasteiger partial charge in [-0.25, -0.2) is 19.9 Å². The maximum absolute atomic E-state index is 9.29. The zero-order valence-electron chi connectivity index (χ0n) is 14.5. The Labute approximate surface area is 165 Å². The minimum absolute atomic E-state index is 0.0939. The standard InChI is InChI=1S/C18H2N12/c1-21-15-9-11(25-7(5-19)27-15)12-10(16(22-2)28-8(6-20)26-12)14-13(9)29-17-18(30-14)24-4-3-23-17/h3-4H. The highest BCUT2D eigenvalue weighted by atomic mass is 15.0. The summed E-state index contributed by atoms with van der Waals surface area (Å²) in [5.41, 5.74) is 1.00. The number of hydrogen-bond acceptors (Lipinski definition) is 10. The van der Waals surface area contributed by atoms with E-state index in [0.717, 1.165) is 0 Å². The van der Waals surface area contributed by atoms with E-state index in [1.807, 2.05) is 0 Å². The molecule has 4 heterocycles. The Hall–Kier alpha value is -5.46. The number of aromatic nitrogens is 8. The van der Waals surface area contributed by atoms with Crippen LogP contribution in [0.25, 0.3) is 53.8 Å². The fourth-order valence-corrected chi connectivity index (χ4v) is 3.09. The molecule has 5 rings (SSSR count). The monoisotopic (exact) mass is 386 g/mol. The Bertz CT molecular complexity index is 1620. The molecule has 4 aromatic heterocycles. The molecule has 5 aromatic rings. The molecule has 12 nitrogen and oxygen atoms in total. The molecule has 0 unspecified atom stereocenters. The lowest BCUT2D eigenvalue weighted by Gasteiger charge is -2.09. The van der Waals surface area contributed by atoms with E-state index in [4.69, 9.17) is 13.1 Å². The molecule has 0 bridgehead atoms. The van der Waals surface area contributed by atoms with E-state index >= 15 is 0 Å². The topological polar surface area (TPSA) is 159 Å². The van der Waals surface area contributed by atoms with Gasteiger partial charge >= 0.3 is 11.6 Å². The zero-order chi connectivity index (χ0) is 20.8. The molecule has 0 atom stereocenters. The van der Waals surface area contributed by atoms with Gasteiger partial charge in [-0.2, -0.15) is 20.5 Å². The largest absolute Gasteiger partial charge is 0.360 e. The lowest BCUT2D eigenvalue weighted by molar-refractivity contribution is 1.15. The van der Waals surface area contributed by atoms with Crippen molar-refractivity contribution in [2.75, 3.05) is 0 Å². The molecule has 12 heteroatoms. The summed E-state index contributed by atoms with van der Waals surface area (Å²) in [6.07, 6.45) is 2.89. The first-order valence-electron chi connectivity index (χ1n) is 8.07. The summed E-state index contributed by atoms with van der Waals surface area (Å²) < 4.78 is 0. The molecule has 0 fully saturated rings. The number of rotatable bonds is 0. The number of nitrogens with zero attached hydrogens (tertiary/aromatic N) is 12. The van der Waals surface area contributed by atoms with Gasteiger partial charge in [0.25, 0.3) is 11.6 Å². The van der Waals surface area contributed by atoms with Crippen molar-refractivity contribution in [3.8, 4) is 12.1 Å². The van der Waals surface area contributed by atoms with Crippen molar-refractivity contribution < 1.29 is 0 Å². The second-order valence-electron chi connectivity index (χ2n) is 5.76. The fourth-order valence-electron chi connectivity index (χ4n) is 3.09. The first kappa shape index (κ1) is 16.7. The summed E-state index contributed by atoms with van der Waals surface area (Å²) in [5.74, 6) is -0.793. The van der Waals surface area contributed by atoms with Crippen LogP contribution in [0, 0.1) is 35.8 Å². The Balaban J connectivity index is 2.22. The molecular formula is C18H2N12. The summed E-state index contributed by atoms with van der Waals surface area (Å²) in [6.45, 7) is 15.0. The minimum atomic E-state index is -0.260. The smallest absolute Gasteiger partial charge is 0.326 e. The average molecular weight is 386 g/mol. The SMILES string of the molecule is [C-]#[N+]c1nc(C#N)nc2c3nc(C#N)nc([N+]#[C-])c3c3nc4nccnc4nc3c12. The molecule has 0 spiro atoms. The molecule has 134 valence electrons. The summed E-state index contributed by atoms with van der Waals surface area (Å²) >= 11 is 0. The van der Waals surface area contributed by atoms with Crippen molar-refractivity contribution in [2.45, 2.75) is 0 Å². The first-order valence-corrected chi connectivity index (χ1v) is 8.07. The number of hydrogen-bond donors (Lipinski definition) is 0.